The second kappa shape index (κ2) is 12.9. The topological polar surface area (TPSA) is 119 Å². The smallest absolute Gasteiger partial charge is 0.340 e. The molecule has 47 heavy (non-hydrogen) atoms. The molecule has 8 rings (SSSR count). The molecule has 8 nitrogen and oxygen atoms in total. The van der Waals surface area contributed by atoms with E-state index in [2.05, 4.69) is 57.0 Å². The summed E-state index contributed by atoms with van der Waals surface area (Å²) in [5, 5.41) is 18.8. The molecule has 2 aromatic heterocycles. The van der Waals surface area contributed by atoms with E-state index in [4.69, 9.17) is 27.9 Å². The molecule has 0 saturated carbocycles. The summed E-state index contributed by atoms with van der Waals surface area (Å²) in [5.74, 6) is -1.31. The molecule has 6 aromatic rings. The molecule has 0 amide bonds. The lowest BCUT2D eigenvalue weighted by molar-refractivity contribution is 0.0602. The van der Waals surface area contributed by atoms with Gasteiger partial charge in [0.2, 0.25) is 0 Å². The molecule has 2 saturated heterocycles. The quantitative estimate of drug-likeness (QED) is 0.114. The first-order valence-corrected chi connectivity index (χ1v) is 16.2. The van der Waals surface area contributed by atoms with Gasteiger partial charge in [-0.25, -0.2) is 9.59 Å². The van der Waals surface area contributed by atoms with Gasteiger partial charge >= 0.3 is 11.9 Å². The van der Waals surface area contributed by atoms with Crippen molar-refractivity contribution in [2.75, 3.05) is 20.2 Å². The lowest BCUT2D eigenvalue weighted by atomic mass is 9.95. The maximum Gasteiger partial charge on any atom is 0.340 e. The molecule has 2 unspecified atom stereocenters. The first-order valence-electron chi connectivity index (χ1n) is 15.4. The number of methoxy groups -OCH3 is 1. The Bertz CT molecular complexity index is 2110. The van der Waals surface area contributed by atoms with Crippen LogP contribution in [-0.2, 0) is 4.74 Å². The molecule has 2 fully saturated rings. The Balaban J connectivity index is 0.000000150. The third-order valence-corrected chi connectivity index (χ3v) is 9.70. The molecular weight excluding hydrogens is 635 g/mol. The standard InChI is InChI=1S/C19H17ClN2O2.C18H15ClN2O2/c1-24-19(23)15-10-22-18-9-16(20)13(8-14(15)18)11-2-4-12(5-3-11)17-6-7-21-17;19-15-8-17-13(14(9-21-17)18(22)23)7-12(15)10-1-3-11(4-2-10)16-5-6-20-16/h2-5,8-10,17,21-22H,6-7H2,1H3;1-4,7-9,16,20-21H,5-6H2,(H,22,23). The molecule has 0 bridgehead atoms. The highest BCUT2D eigenvalue weighted by Gasteiger charge is 2.20. The number of carbonyl (C=O) groups is 2. The highest BCUT2D eigenvalue weighted by atomic mass is 35.5. The van der Waals surface area contributed by atoms with E-state index in [-0.39, 0.29) is 11.5 Å². The van der Waals surface area contributed by atoms with Crippen LogP contribution in [0.3, 0.4) is 0 Å². The minimum Gasteiger partial charge on any atom is -0.478 e. The van der Waals surface area contributed by atoms with E-state index >= 15 is 0 Å². The SMILES string of the molecule is COC(=O)c1c[nH]c2cc(Cl)c(-c3ccc(C4CCN4)cc3)cc12.O=C(O)c1c[nH]c2cc(Cl)c(-c3ccc(C4CCN4)cc3)cc12. The number of halogens is 2. The summed E-state index contributed by atoms with van der Waals surface area (Å²) in [6.45, 7) is 2.15. The van der Waals surface area contributed by atoms with Crippen molar-refractivity contribution < 1.29 is 19.4 Å². The summed E-state index contributed by atoms with van der Waals surface area (Å²) >= 11 is 12.8. The van der Waals surface area contributed by atoms with Crippen LogP contribution >= 0.6 is 23.2 Å². The van der Waals surface area contributed by atoms with Gasteiger partial charge in [0.15, 0.2) is 0 Å². The highest BCUT2D eigenvalue weighted by molar-refractivity contribution is 6.35. The number of hydrogen-bond donors (Lipinski definition) is 5. The molecule has 0 spiro atoms. The fraction of sp³-hybridized carbons (Fsp3) is 0.189. The number of carboxylic acids is 1. The van der Waals surface area contributed by atoms with Gasteiger partial charge in [-0.3, -0.25) is 0 Å². The third kappa shape index (κ3) is 6.01. The van der Waals surface area contributed by atoms with Gasteiger partial charge in [-0.05, 0) is 72.5 Å². The van der Waals surface area contributed by atoms with Crippen molar-refractivity contribution in [1.82, 2.24) is 20.6 Å². The summed E-state index contributed by atoms with van der Waals surface area (Å²) in [5.41, 5.74) is 8.64. The first-order chi connectivity index (χ1) is 22.8. The molecule has 0 radical (unpaired) electrons. The van der Waals surface area contributed by atoms with Crippen LogP contribution in [0, 0.1) is 0 Å². The number of hydrogen-bond acceptors (Lipinski definition) is 5. The Hall–Kier alpha value is -4.60. The average Bonchev–Trinajstić information content (AvgIpc) is 3.63. The zero-order valence-corrected chi connectivity index (χ0v) is 27.0. The first kappa shape index (κ1) is 31.0. The molecule has 2 atom stereocenters. The minimum absolute atomic E-state index is 0.258. The molecule has 2 aliphatic heterocycles. The third-order valence-electron chi connectivity index (χ3n) is 9.07. The number of aromatic carboxylic acids is 1. The number of fused-ring (bicyclic) bond motifs is 2. The van der Waals surface area contributed by atoms with Gasteiger partial charge in [0.1, 0.15) is 0 Å². The van der Waals surface area contributed by atoms with Crippen molar-refractivity contribution >= 4 is 56.9 Å². The Labute approximate surface area is 281 Å². The van der Waals surface area contributed by atoms with Crippen molar-refractivity contribution in [3.8, 4) is 22.3 Å². The number of aromatic nitrogens is 2. The van der Waals surface area contributed by atoms with Crippen LogP contribution in [0.2, 0.25) is 10.0 Å². The summed E-state index contributed by atoms with van der Waals surface area (Å²) in [6, 6.07) is 25.0. The van der Waals surface area contributed by atoms with E-state index in [1.807, 2.05) is 30.3 Å². The fourth-order valence-corrected chi connectivity index (χ4v) is 6.67. The normalized spacial score (nSPS) is 17.0. The van der Waals surface area contributed by atoms with E-state index in [0.29, 0.717) is 33.1 Å². The Morgan fingerprint density at radius 3 is 1.51 bits per heavy atom. The predicted molar refractivity (Wildman–Crippen MR) is 187 cm³/mol. The second-order valence-corrected chi connectivity index (χ2v) is 12.6. The number of carboxylic acid groups (broad SMARTS) is 1. The van der Waals surface area contributed by atoms with Gasteiger partial charge in [-0.2, -0.15) is 0 Å². The van der Waals surface area contributed by atoms with Crippen molar-refractivity contribution in [2.45, 2.75) is 24.9 Å². The number of rotatable bonds is 6. The van der Waals surface area contributed by atoms with Gasteiger partial charge in [-0.15, -0.1) is 0 Å². The molecule has 5 N–H and O–H groups in total. The minimum atomic E-state index is -0.948. The number of nitrogens with one attached hydrogen (secondary N) is 4. The monoisotopic (exact) mass is 666 g/mol. The summed E-state index contributed by atoms with van der Waals surface area (Å²) in [6.07, 6.45) is 5.50. The van der Waals surface area contributed by atoms with Crippen LogP contribution in [0.15, 0.2) is 85.2 Å². The van der Waals surface area contributed by atoms with Crippen molar-refractivity contribution in [3.63, 3.8) is 0 Å². The van der Waals surface area contributed by atoms with E-state index in [1.165, 1.54) is 30.9 Å². The van der Waals surface area contributed by atoms with Gasteiger partial charge in [0.25, 0.3) is 0 Å². The maximum atomic E-state index is 11.9. The number of esters is 1. The Kier molecular flexibility index (Phi) is 8.51. The van der Waals surface area contributed by atoms with Crippen LogP contribution in [0.5, 0.6) is 0 Å². The number of ether oxygens (including phenoxy) is 1. The van der Waals surface area contributed by atoms with E-state index < -0.39 is 5.97 Å². The lowest BCUT2D eigenvalue weighted by Crippen LogP contribution is -2.34. The van der Waals surface area contributed by atoms with Gasteiger partial charge < -0.3 is 30.4 Å². The van der Waals surface area contributed by atoms with E-state index in [1.54, 1.807) is 12.3 Å². The largest absolute Gasteiger partial charge is 0.478 e. The van der Waals surface area contributed by atoms with Crippen LogP contribution in [0.1, 0.15) is 56.8 Å². The molecule has 238 valence electrons. The van der Waals surface area contributed by atoms with E-state index in [0.717, 1.165) is 58.2 Å². The Morgan fingerprint density at radius 2 is 1.13 bits per heavy atom. The second-order valence-electron chi connectivity index (χ2n) is 11.8. The number of benzene rings is 4. The summed E-state index contributed by atoms with van der Waals surface area (Å²) < 4.78 is 4.84. The van der Waals surface area contributed by atoms with Crippen LogP contribution in [-0.4, -0.2) is 47.2 Å². The van der Waals surface area contributed by atoms with Crippen molar-refractivity contribution in [3.05, 3.63) is 117 Å². The van der Waals surface area contributed by atoms with Crippen LogP contribution in [0.25, 0.3) is 44.1 Å². The molecule has 0 aliphatic carbocycles. The predicted octanol–water partition coefficient (Wildman–Crippen LogP) is 8.53. The van der Waals surface area contributed by atoms with Gasteiger partial charge in [0, 0.05) is 57.4 Å². The fourth-order valence-electron chi connectivity index (χ4n) is 6.12. The molecular formula is C37H32Cl2N4O4. The summed E-state index contributed by atoms with van der Waals surface area (Å²) in [4.78, 5) is 29.2. The van der Waals surface area contributed by atoms with Crippen molar-refractivity contribution in [2.24, 2.45) is 0 Å². The zero-order chi connectivity index (χ0) is 32.7. The highest BCUT2D eigenvalue weighted by Crippen LogP contribution is 2.36. The average molecular weight is 668 g/mol. The molecule has 4 aromatic carbocycles. The number of H-pyrrole nitrogens is 2. The lowest BCUT2D eigenvalue weighted by Gasteiger charge is -2.28. The number of carbonyl (C=O) groups excluding carboxylic acids is 1. The molecule has 4 heterocycles. The van der Waals surface area contributed by atoms with Crippen LogP contribution < -0.4 is 10.6 Å². The van der Waals surface area contributed by atoms with Crippen LogP contribution in [0.4, 0.5) is 0 Å². The zero-order valence-electron chi connectivity index (χ0n) is 25.5. The maximum absolute atomic E-state index is 11.9. The molecule has 10 heteroatoms. The van der Waals surface area contributed by atoms with E-state index in [9.17, 15) is 14.7 Å². The molecule has 2 aliphatic rings. The van der Waals surface area contributed by atoms with Gasteiger partial charge in [0.05, 0.1) is 28.3 Å². The summed E-state index contributed by atoms with van der Waals surface area (Å²) in [7, 11) is 1.38. The van der Waals surface area contributed by atoms with Gasteiger partial charge in [-0.1, -0.05) is 71.7 Å². The van der Waals surface area contributed by atoms with Crippen molar-refractivity contribution in [1.29, 1.82) is 0 Å². The Morgan fingerprint density at radius 1 is 0.702 bits per heavy atom. The number of aromatic amines is 2.